The largest absolute Gasteiger partial charge is 0.394 e. The van der Waals surface area contributed by atoms with Gasteiger partial charge in [-0.3, -0.25) is 4.90 Å². The van der Waals surface area contributed by atoms with Gasteiger partial charge in [-0.15, -0.1) is 0 Å². The average Bonchev–Trinajstić information content (AvgIpc) is 3.06. The Balaban J connectivity index is 1.26. The van der Waals surface area contributed by atoms with E-state index >= 15 is 4.39 Å². The molecule has 178 valence electrons. The average molecular weight is 443 g/mol. The summed E-state index contributed by atoms with van der Waals surface area (Å²) in [6, 6.07) is 0. The lowest BCUT2D eigenvalue weighted by Gasteiger charge is -2.61. The molecule has 5 rings (SSSR count). The SMILES string of the molecule is C=C1CC2C(C(F)C[C@]3(C)C(=C)CCC23)[C@@]2(C)CC/C(=N\OCCN3CCCCC3)CC12. The Morgan fingerprint density at radius 3 is 2.69 bits per heavy atom. The van der Waals surface area contributed by atoms with Crippen molar-refractivity contribution in [2.75, 3.05) is 26.2 Å². The summed E-state index contributed by atoms with van der Waals surface area (Å²) in [5.41, 5.74) is 3.78. The Morgan fingerprint density at radius 1 is 1.12 bits per heavy atom. The van der Waals surface area contributed by atoms with Gasteiger partial charge in [0.1, 0.15) is 12.8 Å². The van der Waals surface area contributed by atoms with Gasteiger partial charge in [0.15, 0.2) is 0 Å². The molecule has 32 heavy (non-hydrogen) atoms. The minimum atomic E-state index is -0.726. The second-order valence-electron chi connectivity index (χ2n) is 12.1. The molecule has 1 heterocycles. The molecular formula is C28H43FN2O. The quantitative estimate of drug-likeness (QED) is 0.280. The summed E-state index contributed by atoms with van der Waals surface area (Å²) in [6.07, 6.45) is 10.0. The van der Waals surface area contributed by atoms with E-state index in [1.165, 1.54) is 49.9 Å². The van der Waals surface area contributed by atoms with Crippen molar-refractivity contribution in [3.63, 3.8) is 0 Å². The molecule has 3 nitrogen and oxygen atoms in total. The Bertz CT molecular complexity index is 786. The van der Waals surface area contributed by atoms with Crippen molar-refractivity contribution >= 4 is 5.71 Å². The van der Waals surface area contributed by atoms with Crippen molar-refractivity contribution in [2.24, 2.45) is 39.7 Å². The zero-order valence-electron chi connectivity index (χ0n) is 20.4. The number of hydrogen-bond acceptors (Lipinski definition) is 3. The first kappa shape index (κ1) is 22.6. The van der Waals surface area contributed by atoms with Crippen LogP contribution in [0.2, 0.25) is 0 Å². The Morgan fingerprint density at radius 2 is 1.91 bits per heavy atom. The molecule has 4 aliphatic carbocycles. The molecule has 5 unspecified atom stereocenters. The first-order valence-corrected chi connectivity index (χ1v) is 13.2. The van der Waals surface area contributed by atoms with Crippen molar-refractivity contribution in [1.29, 1.82) is 0 Å². The van der Waals surface area contributed by atoms with E-state index in [1.54, 1.807) is 0 Å². The predicted octanol–water partition coefficient (Wildman–Crippen LogP) is 6.56. The van der Waals surface area contributed by atoms with Crippen molar-refractivity contribution in [2.45, 2.75) is 84.2 Å². The Hall–Kier alpha value is -1.16. The van der Waals surface area contributed by atoms with Gasteiger partial charge in [-0.25, -0.2) is 4.39 Å². The molecule has 5 aliphatic rings. The third-order valence-corrected chi connectivity index (χ3v) is 10.5. The third kappa shape index (κ3) is 3.69. The number of alkyl halides is 1. The summed E-state index contributed by atoms with van der Waals surface area (Å²) in [6.45, 7) is 17.6. The zero-order chi connectivity index (χ0) is 22.5. The van der Waals surface area contributed by atoms with Gasteiger partial charge in [0.25, 0.3) is 0 Å². The number of piperidine rings is 1. The molecule has 0 spiro atoms. The minimum Gasteiger partial charge on any atom is -0.394 e. The fraction of sp³-hybridized carbons (Fsp3) is 0.821. The lowest BCUT2D eigenvalue weighted by atomic mass is 9.44. The molecule has 0 N–H and O–H groups in total. The number of likely N-dealkylation sites (tertiary alicyclic amines) is 1. The van der Waals surface area contributed by atoms with E-state index in [4.69, 9.17) is 4.84 Å². The molecule has 0 aromatic carbocycles. The molecule has 4 saturated carbocycles. The number of halogens is 1. The fourth-order valence-electron chi connectivity index (χ4n) is 8.59. The molecular weight excluding hydrogens is 399 g/mol. The highest BCUT2D eigenvalue weighted by Crippen LogP contribution is 2.68. The minimum absolute atomic E-state index is 0.00249. The normalized spacial score (nSPS) is 46.0. The van der Waals surface area contributed by atoms with E-state index < -0.39 is 6.17 Å². The van der Waals surface area contributed by atoms with Gasteiger partial charge in [-0.2, -0.15) is 0 Å². The van der Waals surface area contributed by atoms with Gasteiger partial charge in [0.2, 0.25) is 0 Å². The molecule has 0 amide bonds. The maximum Gasteiger partial charge on any atom is 0.129 e. The summed E-state index contributed by atoms with van der Waals surface area (Å²) in [5.74, 6) is 1.50. The monoisotopic (exact) mass is 442 g/mol. The van der Waals surface area contributed by atoms with E-state index in [9.17, 15) is 0 Å². The second-order valence-corrected chi connectivity index (χ2v) is 12.1. The van der Waals surface area contributed by atoms with Crippen molar-refractivity contribution in [3.05, 3.63) is 24.3 Å². The van der Waals surface area contributed by atoms with Crippen LogP contribution in [0.15, 0.2) is 29.5 Å². The van der Waals surface area contributed by atoms with Crippen LogP contribution in [-0.4, -0.2) is 43.0 Å². The maximum atomic E-state index is 15.9. The number of fused-ring (bicyclic) bond motifs is 5. The van der Waals surface area contributed by atoms with Crippen molar-refractivity contribution in [3.8, 4) is 0 Å². The zero-order valence-corrected chi connectivity index (χ0v) is 20.4. The van der Waals surface area contributed by atoms with Gasteiger partial charge >= 0.3 is 0 Å². The van der Waals surface area contributed by atoms with Crippen molar-refractivity contribution < 1.29 is 9.23 Å². The van der Waals surface area contributed by atoms with Gasteiger partial charge in [0, 0.05) is 6.54 Å². The van der Waals surface area contributed by atoms with Crippen LogP contribution in [0.3, 0.4) is 0 Å². The number of rotatable bonds is 4. The van der Waals surface area contributed by atoms with Crippen LogP contribution >= 0.6 is 0 Å². The topological polar surface area (TPSA) is 24.8 Å². The number of nitrogens with zero attached hydrogens (tertiary/aromatic N) is 2. The van der Waals surface area contributed by atoms with Crippen molar-refractivity contribution in [1.82, 2.24) is 4.90 Å². The maximum absolute atomic E-state index is 15.9. The summed E-state index contributed by atoms with van der Waals surface area (Å²) in [7, 11) is 0. The standard InChI is InChI=1S/C28H43FN2O/c1-19-16-22-23-9-8-20(2)28(23,4)18-25(29)26(22)27(3)11-10-21(17-24(19)27)30-32-15-14-31-12-6-5-7-13-31/h22-26H,1-2,5-18H2,3-4H3/b30-21+/t22?,23?,24?,25?,26?,27-,28+/m0/s1. The molecule has 0 aromatic rings. The highest BCUT2D eigenvalue weighted by atomic mass is 19.1. The van der Waals surface area contributed by atoms with Crippen LogP contribution < -0.4 is 0 Å². The van der Waals surface area contributed by atoms with Crippen LogP contribution in [0.4, 0.5) is 4.39 Å². The highest BCUT2D eigenvalue weighted by Gasteiger charge is 2.62. The van der Waals surface area contributed by atoms with Gasteiger partial charge < -0.3 is 4.84 Å². The number of allylic oxidation sites excluding steroid dienone is 2. The predicted molar refractivity (Wildman–Crippen MR) is 129 cm³/mol. The summed E-state index contributed by atoms with van der Waals surface area (Å²) in [4.78, 5) is 8.25. The van der Waals surface area contributed by atoms with Crippen LogP contribution in [0.1, 0.15) is 78.1 Å². The molecule has 4 heteroatoms. The smallest absolute Gasteiger partial charge is 0.129 e. The van der Waals surface area contributed by atoms with Crippen LogP contribution in [0.5, 0.6) is 0 Å². The molecule has 1 saturated heterocycles. The molecule has 0 bridgehead atoms. The van der Waals surface area contributed by atoms with Gasteiger partial charge in [-0.1, -0.05) is 49.7 Å². The lowest BCUT2D eigenvalue weighted by Crippen LogP contribution is -2.57. The van der Waals surface area contributed by atoms with E-state index in [0.29, 0.717) is 30.8 Å². The Labute approximate surface area is 194 Å². The molecule has 1 aliphatic heterocycles. The summed E-state index contributed by atoms with van der Waals surface area (Å²) in [5, 5.41) is 4.56. The first-order chi connectivity index (χ1) is 15.3. The van der Waals surface area contributed by atoms with Gasteiger partial charge in [-0.05, 0) is 105 Å². The van der Waals surface area contributed by atoms with E-state index in [1.807, 2.05) is 0 Å². The second kappa shape index (κ2) is 8.56. The van der Waals surface area contributed by atoms with Crippen LogP contribution in [0, 0.1) is 34.5 Å². The third-order valence-electron chi connectivity index (χ3n) is 10.5. The van der Waals surface area contributed by atoms with E-state index in [0.717, 1.165) is 44.4 Å². The van der Waals surface area contributed by atoms with E-state index in [2.05, 4.69) is 37.1 Å². The van der Waals surface area contributed by atoms with Crippen LogP contribution in [0.25, 0.3) is 0 Å². The summed E-state index contributed by atoms with van der Waals surface area (Å²) >= 11 is 0. The first-order valence-electron chi connectivity index (χ1n) is 13.2. The van der Waals surface area contributed by atoms with E-state index in [-0.39, 0.29) is 16.7 Å². The molecule has 5 fully saturated rings. The molecule has 0 radical (unpaired) electrons. The summed E-state index contributed by atoms with van der Waals surface area (Å²) < 4.78 is 15.9. The van der Waals surface area contributed by atoms with Crippen LogP contribution in [-0.2, 0) is 4.84 Å². The number of oxime groups is 1. The molecule has 0 aromatic heterocycles. The lowest BCUT2D eigenvalue weighted by molar-refractivity contribution is -0.108. The highest BCUT2D eigenvalue weighted by molar-refractivity contribution is 5.85. The Kier molecular flexibility index (Phi) is 6.05. The molecule has 7 atom stereocenters. The van der Waals surface area contributed by atoms with Gasteiger partial charge in [0.05, 0.1) is 5.71 Å². The fourth-order valence-corrected chi connectivity index (χ4v) is 8.59. The number of hydrogen-bond donors (Lipinski definition) is 0.